The third-order valence-electron chi connectivity index (χ3n) is 7.27. The molecular formula is C30H42N4O. The van der Waals surface area contributed by atoms with E-state index in [0.717, 1.165) is 48.8 Å². The zero-order valence-corrected chi connectivity index (χ0v) is 22.3. The van der Waals surface area contributed by atoms with Gasteiger partial charge < -0.3 is 16.2 Å². The summed E-state index contributed by atoms with van der Waals surface area (Å²) < 4.78 is 0. The first kappa shape index (κ1) is 28.3. The topological polar surface area (TPSA) is 94.8 Å². The van der Waals surface area contributed by atoms with Gasteiger partial charge in [-0.2, -0.15) is 0 Å². The normalized spacial score (nSPS) is 25.8. The van der Waals surface area contributed by atoms with Crippen molar-refractivity contribution in [3.63, 3.8) is 0 Å². The predicted molar refractivity (Wildman–Crippen MR) is 150 cm³/mol. The molecule has 0 aromatic rings. The van der Waals surface area contributed by atoms with E-state index in [1.54, 1.807) is 6.92 Å². The van der Waals surface area contributed by atoms with Crippen LogP contribution in [0.4, 0.5) is 0 Å². The SMILES string of the molecule is CC#CC1=CC(C(/C=C/C(C)(/N=C(/N)C(C)=N)[C@]2(C)CC[C@@H](O)CC2)=C/C=C(/C)CC)=CCN=C1. The second-order valence-electron chi connectivity index (χ2n) is 10.0. The van der Waals surface area contributed by atoms with Crippen molar-refractivity contribution in [2.24, 2.45) is 21.1 Å². The third kappa shape index (κ3) is 7.77. The van der Waals surface area contributed by atoms with E-state index in [9.17, 15) is 5.11 Å². The number of amidine groups is 1. The second kappa shape index (κ2) is 12.7. The van der Waals surface area contributed by atoms with Crippen molar-refractivity contribution in [3.8, 4) is 11.8 Å². The second-order valence-corrected chi connectivity index (χ2v) is 10.0. The van der Waals surface area contributed by atoms with Gasteiger partial charge in [-0.3, -0.25) is 9.98 Å². The fourth-order valence-corrected chi connectivity index (χ4v) is 4.28. The maximum Gasteiger partial charge on any atom is 0.140 e. The Morgan fingerprint density at radius 2 is 2.03 bits per heavy atom. The number of allylic oxidation sites excluding steroid dienone is 8. The van der Waals surface area contributed by atoms with Gasteiger partial charge in [-0.05, 0) is 82.4 Å². The van der Waals surface area contributed by atoms with E-state index in [2.05, 4.69) is 81.0 Å². The molecule has 0 saturated heterocycles. The van der Waals surface area contributed by atoms with Crippen molar-refractivity contribution in [2.75, 3.05) is 6.54 Å². The monoisotopic (exact) mass is 474 g/mol. The molecule has 0 radical (unpaired) electrons. The zero-order valence-electron chi connectivity index (χ0n) is 22.3. The Bertz CT molecular complexity index is 1060. The first-order chi connectivity index (χ1) is 16.5. The van der Waals surface area contributed by atoms with E-state index in [-0.39, 0.29) is 23.1 Å². The Morgan fingerprint density at radius 1 is 1.34 bits per heavy atom. The van der Waals surface area contributed by atoms with Crippen molar-refractivity contribution >= 4 is 17.8 Å². The molecule has 35 heavy (non-hydrogen) atoms. The van der Waals surface area contributed by atoms with Gasteiger partial charge in [-0.1, -0.05) is 55.7 Å². The standard InChI is InChI=1S/C30H42N4O/c1-7-9-24-20-26(15-19-33-21-24)25(11-10-22(3)8-2)12-18-30(6,34-28(32)23(4)31)29(5)16-13-27(35)14-17-29/h10-12,15,18,20-21,27,31,35H,8,13-14,16-17,19H2,1-6H3,(H2,32,34)/b18-12+,22-10-,25-11+,31-23?/t27-,29-,30?. The first-order valence-electron chi connectivity index (χ1n) is 12.5. The highest BCUT2D eigenvalue weighted by atomic mass is 16.3. The van der Waals surface area contributed by atoms with Crippen molar-refractivity contribution < 1.29 is 5.11 Å². The summed E-state index contributed by atoms with van der Waals surface area (Å²) >= 11 is 0. The molecule has 0 aromatic carbocycles. The molecule has 0 bridgehead atoms. The van der Waals surface area contributed by atoms with E-state index < -0.39 is 5.54 Å². The van der Waals surface area contributed by atoms with E-state index in [4.69, 9.17) is 16.1 Å². The largest absolute Gasteiger partial charge is 0.393 e. The summed E-state index contributed by atoms with van der Waals surface area (Å²) in [5, 5.41) is 18.1. The van der Waals surface area contributed by atoms with Crippen molar-refractivity contribution in [1.29, 1.82) is 5.41 Å². The lowest BCUT2D eigenvalue weighted by Gasteiger charge is -2.46. The number of nitrogens with zero attached hydrogens (tertiary/aromatic N) is 2. The number of aliphatic hydroxyl groups is 1. The third-order valence-corrected chi connectivity index (χ3v) is 7.27. The van der Waals surface area contributed by atoms with E-state index in [1.165, 1.54) is 5.57 Å². The molecular weight excluding hydrogens is 432 g/mol. The Labute approximate surface area is 211 Å². The molecule has 1 saturated carbocycles. The number of aliphatic imine (C=N–C) groups is 2. The molecule has 0 amide bonds. The minimum Gasteiger partial charge on any atom is -0.393 e. The number of nitrogens with two attached hydrogens (primary N) is 1. The molecule has 5 heteroatoms. The summed E-state index contributed by atoms with van der Waals surface area (Å²) in [6.07, 6.45) is 18.4. The fraction of sp³-hybridized carbons (Fsp3) is 0.500. The maximum absolute atomic E-state index is 10.1. The van der Waals surface area contributed by atoms with Crippen LogP contribution in [-0.4, -0.2) is 41.1 Å². The van der Waals surface area contributed by atoms with Crippen molar-refractivity contribution in [3.05, 3.63) is 58.7 Å². The van der Waals surface area contributed by atoms with Gasteiger partial charge in [-0.15, -0.1) is 5.92 Å². The molecule has 0 spiro atoms. The smallest absolute Gasteiger partial charge is 0.140 e. The summed E-state index contributed by atoms with van der Waals surface area (Å²) in [5.41, 5.74) is 9.90. The quantitative estimate of drug-likeness (QED) is 0.177. The summed E-state index contributed by atoms with van der Waals surface area (Å²) in [7, 11) is 0. The van der Waals surface area contributed by atoms with Crippen LogP contribution in [0.25, 0.3) is 0 Å². The van der Waals surface area contributed by atoms with E-state index >= 15 is 0 Å². The van der Waals surface area contributed by atoms with E-state index in [0.29, 0.717) is 6.54 Å². The maximum atomic E-state index is 10.1. The first-order valence-corrected chi connectivity index (χ1v) is 12.5. The summed E-state index contributed by atoms with van der Waals surface area (Å²) in [5.74, 6) is 6.34. The van der Waals surface area contributed by atoms with Crippen molar-refractivity contribution in [1.82, 2.24) is 0 Å². The lowest BCUT2D eigenvalue weighted by atomic mass is 9.63. The Morgan fingerprint density at radius 3 is 2.63 bits per heavy atom. The molecule has 0 aromatic heterocycles. The van der Waals surface area contributed by atoms with Gasteiger partial charge in [0.05, 0.1) is 23.9 Å². The van der Waals surface area contributed by atoms with Gasteiger partial charge in [0.2, 0.25) is 0 Å². The highest BCUT2D eigenvalue weighted by Gasteiger charge is 2.45. The summed E-state index contributed by atoms with van der Waals surface area (Å²) in [4.78, 5) is 9.35. The van der Waals surface area contributed by atoms with Crippen LogP contribution in [0.3, 0.4) is 0 Å². The zero-order chi connectivity index (χ0) is 26.1. The van der Waals surface area contributed by atoms with Crippen LogP contribution in [0.5, 0.6) is 0 Å². The Balaban J connectivity index is 2.62. The van der Waals surface area contributed by atoms with Gasteiger partial charge in [0.25, 0.3) is 0 Å². The molecule has 5 nitrogen and oxygen atoms in total. The lowest BCUT2D eigenvalue weighted by molar-refractivity contribution is 0.0438. The van der Waals surface area contributed by atoms with Gasteiger partial charge >= 0.3 is 0 Å². The van der Waals surface area contributed by atoms with Crippen LogP contribution in [0.1, 0.15) is 73.6 Å². The predicted octanol–water partition coefficient (Wildman–Crippen LogP) is 5.88. The highest BCUT2D eigenvalue weighted by molar-refractivity contribution is 6.38. The minimum atomic E-state index is -0.639. The van der Waals surface area contributed by atoms with Crippen LogP contribution < -0.4 is 5.73 Å². The van der Waals surface area contributed by atoms with Crippen LogP contribution in [-0.2, 0) is 0 Å². The van der Waals surface area contributed by atoms with Crippen molar-refractivity contribution in [2.45, 2.75) is 85.3 Å². The Kier molecular flexibility index (Phi) is 10.2. The van der Waals surface area contributed by atoms with Gasteiger partial charge in [0, 0.05) is 11.8 Å². The van der Waals surface area contributed by atoms with E-state index in [1.807, 2.05) is 13.1 Å². The van der Waals surface area contributed by atoms with Gasteiger partial charge in [-0.25, -0.2) is 0 Å². The number of nitrogens with one attached hydrogen (secondary N) is 1. The Hall–Kier alpha value is -2.97. The minimum absolute atomic E-state index is 0.196. The lowest BCUT2D eigenvalue weighted by Crippen LogP contribution is -2.46. The number of rotatable bonds is 8. The van der Waals surface area contributed by atoms with Crippen LogP contribution >= 0.6 is 0 Å². The highest BCUT2D eigenvalue weighted by Crippen LogP contribution is 2.47. The molecule has 1 heterocycles. The average molecular weight is 475 g/mol. The molecule has 1 aliphatic carbocycles. The molecule has 188 valence electrons. The molecule has 1 atom stereocenters. The molecule has 1 aliphatic heterocycles. The number of hydrogen-bond donors (Lipinski definition) is 3. The average Bonchev–Trinajstić information content (AvgIpc) is 3.06. The van der Waals surface area contributed by atoms with Gasteiger partial charge in [0.15, 0.2) is 0 Å². The number of aliphatic hydroxyl groups excluding tert-OH is 1. The summed E-state index contributed by atoms with van der Waals surface area (Å²) in [6.45, 7) is 12.7. The molecule has 4 N–H and O–H groups in total. The van der Waals surface area contributed by atoms with Gasteiger partial charge in [0.1, 0.15) is 5.84 Å². The number of hydrogen-bond acceptors (Lipinski definition) is 4. The fourth-order valence-electron chi connectivity index (χ4n) is 4.28. The molecule has 1 fully saturated rings. The van der Waals surface area contributed by atoms with Crippen LogP contribution in [0, 0.1) is 22.7 Å². The van der Waals surface area contributed by atoms with Crippen LogP contribution in [0.2, 0.25) is 0 Å². The molecule has 1 unspecified atom stereocenters. The molecule has 2 aliphatic rings. The molecule has 2 rings (SSSR count). The summed E-state index contributed by atoms with van der Waals surface area (Å²) in [6, 6.07) is 0. The van der Waals surface area contributed by atoms with Crippen LogP contribution in [0.15, 0.2) is 68.7 Å².